The van der Waals surface area contributed by atoms with Crippen LogP contribution in [0.3, 0.4) is 0 Å². The lowest BCUT2D eigenvalue weighted by Gasteiger charge is -2.04. The molecule has 2 heterocycles. The maximum Gasteiger partial charge on any atom is 0.337 e. The molecule has 110 valence electrons. The Bertz CT molecular complexity index is 784. The Balaban J connectivity index is 1.84. The van der Waals surface area contributed by atoms with Gasteiger partial charge in [0.25, 0.3) is 0 Å². The van der Waals surface area contributed by atoms with Gasteiger partial charge < -0.3 is 9.15 Å². The van der Waals surface area contributed by atoms with Crippen molar-refractivity contribution < 1.29 is 13.9 Å². The molecule has 0 radical (unpaired) electrons. The molecule has 0 unspecified atom stereocenters. The fourth-order valence-corrected chi connectivity index (χ4v) is 2.86. The Labute approximate surface area is 132 Å². The minimum atomic E-state index is -0.367. The van der Waals surface area contributed by atoms with Crippen LogP contribution in [0.2, 0.25) is 0 Å². The van der Waals surface area contributed by atoms with E-state index in [1.165, 1.54) is 18.9 Å². The largest absolute Gasteiger partial charge is 0.465 e. The van der Waals surface area contributed by atoms with Gasteiger partial charge in [-0.3, -0.25) is 0 Å². The Hall–Kier alpha value is -2.53. The van der Waals surface area contributed by atoms with Gasteiger partial charge in [-0.25, -0.2) is 9.78 Å². The van der Waals surface area contributed by atoms with Crippen LogP contribution in [0.15, 0.2) is 75.3 Å². The highest BCUT2D eigenvalue weighted by atomic mass is 32.2. The molecule has 0 bridgehead atoms. The molecule has 2 aromatic heterocycles. The second-order valence-corrected chi connectivity index (χ2v) is 5.58. The summed E-state index contributed by atoms with van der Waals surface area (Å²) in [6.07, 6.45) is 3.25. The standard InChI is InChI=1S/C17H13NO3S/c1-20-17(19)13-7-8-18-16(11-13)22-14-5-2-4-12(10-14)15-6-3-9-21-15/h2-11H,1H3. The number of ether oxygens (including phenoxy) is 1. The summed E-state index contributed by atoms with van der Waals surface area (Å²) in [4.78, 5) is 16.8. The van der Waals surface area contributed by atoms with Crippen LogP contribution < -0.4 is 0 Å². The van der Waals surface area contributed by atoms with Crippen molar-refractivity contribution in [1.82, 2.24) is 4.98 Å². The summed E-state index contributed by atoms with van der Waals surface area (Å²) in [5.41, 5.74) is 1.49. The second kappa shape index (κ2) is 6.49. The molecular weight excluding hydrogens is 298 g/mol. The van der Waals surface area contributed by atoms with E-state index in [-0.39, 0.29) is 5.97 Å². The van der Waals surface area contributed by atoms with E-state index >= 15 is 0 Å². The highest BCUT2D eigenvalue weighted by Crippen LogP contribution is 2.30. The van der Waals surface area contributed by atoms with Crippen molar-refractivity contribution in [1.29, 1.82) is 0 Å². The molecule has 0 N–H and O–H groups in total. The van der Waals surface area contributed by atoms with Crippen molar-refractivity contribution in [2.75, 3.05) is 7.11 Å². The Morgan fingerprint density at radius 2 is 2.09 bits per heavy atom. The molecule has 22 heavy (non-hydrogen) atoms. The predicted molar refractivity (Wildman–Crippen MR) is 83.8 cm³/mol. The topological polar surface area (TPSA) is 52.3 Å². The van der Waals surface area contributed by atoms with Crippen LogP contribution in [0.25, 0.3) is 11.3 Å². The molecule has 3 aromatic rings. The highest BCUT2D eigenvalue weighted by molar-refractivity contribution is 7.99. The summed E-state index contributed by atoms with van der Waals surface area (Å²) in [6.45, 7) is 0. The fraction of sp³-hybridized carbons (Fsp3) is 0.0588. The first-order valence-corrected chi connectivity index (χ1v) is 7.44. The zero-order valence-corrected chi connectivity index (χ0v) is 12.7. The van der Waals surface area contributed by atoms with Gasteiger partial charge in [-0.2, -0.15) is 0 Å². The zero-order valence-electron chi connectivity index (χ0n) is 11.9. The van der Waals surface area contributed by atoms with Crippen LogP contribution in [-0.2, 0) is 4.74 Å². The quantitative estimate of drug-likeness (QED) is 0.673. The first-order chi connectivity index (χ1) is 10.8. The van der Waals surface area contributed by atoms with E-state index in [2.05, 4.69) is 4.98 Å². The Morgan fingerprint density at radius 1 is 1.18 bits per heavy atom. The molecule has 0 fully saturated rings. The van der Waals surface area contributed by atoms with Crippen LogP contribution in [0.1, 0.15) is 10.4 Å². The minimum absolute atomic E-state index is 0.367. The maximum absolute atomic E-state index is 11.6. The van der Waals surface area contributed by atoms with E-state index < -0.39 is 0 Å². The number of aromatic nitrogens is 1. The van der Waals surface area contributed by atoms with E-state index in [1.807, 2.05) is 36.4 Å². The first kappa shape index (κ1) is 14.4. The molecule has 0 spiro atoms. The highest BCUT2D eigenvalue weighted by Gasteiger charge is 2.08. The number of esters is 1. The number of hydrogen-bond acceptors (Lipinski definition) is 5. The fourth-order valence-electron chi connectivity index (χ4n) is 1.99. The first-order valence-electron chi connectivity index (χ1n) is 6.62. The molecule has 0 aliphatic rings. The summed E-state index contributed by atoms with van der Waals surface area (Å²) in [6, 6.07) is 15.1. The van der Waals surface area contributed by atoms with Gasteiger partial charge in [0.05, 0.1) is 18.9 Å². The summed E-state index contributed by atoms with van der Waals surface area (Å²) < 4.78 is 10.1. The number of methoxy groups -OCH3 is 1. The van der Waals surface area contributed by atoms with E-state index in [4.69, 9.17) is 9.15 Å². The average molecular weight is 311 g/mol. The Kier molecular flexibility index (Phi) is 4.25. The molecule has 0 atom stereocenters. The van der Waals surface area contributed by atoms with E-state index in [0.717, 1.165) is 21.2 Å². The molecule has 0 aliphatic heterocycles. The molecule has 3 rings (SSSR count). The van der Waals surface area contributed by atoms with Crippen LogP contribution in [0, 0.1) is 0 Å². The van der Waals surface area contributed by atoms with Crippen molar-refractivity contribution in [2.24, 2.45) is 0 Å². The molecule has 4 nitrogen and oxygen atoms in total. The SMILES string of the molecule is COC(=O)c1ccnc(Sc2cccc(-c3ccco3)c2)c1. The van der Waals surface area contributed by atoms with Crippen molar-refractivity contribution in [2.45, 2.75) is 9.92 Å². The molecule has 0 saturated carbocycles. The van der Waals surface area contributed by atoms with Gasteiger partial charge in [0.2, 0.25) is 0 Å². The molecule has 5 heteroatoms. The van der Waals surface area contributed by atoms with Gasteiger partial charge in [-0.15, -0.1) is 0 Å². The lowest BCUT2D eigenvalue weighted by atomic mass is 10.2. The van der Waals surface area contributed by atoms with Crippen molar-refractivity contribution >= 4 is 17.7 Å². The number of hydrogen-bond donors (Lipinski definition) is 0. The summed E-state index contributed by atoms with van der Waals surface area (Å²) in [5.74, 6) is 0.451. The molecule has 1 aromatic carbocycles. The van der Waals surface area contributed by atoms with Crippen molar-refractivity contribution in [3.8, 4) is 11.3 Å². The second-order valence-electron chi connectivity index (χ2n) is 4.48. The van der Waals surface area contributed by atoms with Crippen molar-refractivity contribution in [3.05, 3.63) is 66.6 Å². The molecule has 0 amide bonds. The van der Waals surface area contributed by atoms with Gasteiger partial charge in [-0.1, -0.05) is 23.9 Å². The molecular formula is C17H13NO3S. The number of carbonyl (C=O) groups is 1. The van der Waals surface area contributed by atoms with E-state index in [9.17, 15) is 4.79 Å². The number of nitrogens with zero attached hydrogens (tertiary/aromatic N) is 1. The van der Waals surface area contributed by atoms with Crippen LogP contribution in [0.4, 0.5) is 0 Å². The summed E-state index contributed by atoms with van der Waals surface area (Å²) in [7, 11) is 1.36. The molecule has 0 aliphatic carbocycles. The minimum Gasteiger partial charge on any atom is -0.465 e. The third-order valence-electron chi connectivity index (χ3n) is 3.02. The molecule has 0 saturated heterocycles. The smallest absolute Gasteiger partial charge is 0.337 e. The van der Waals surface area contributed by atoms with Crippen LogP contribution in [-0.4, -0.2) is 18.1 Å². The number of benzene rings is 1. The van der Waals surface area contributed by atoms with Gasteiger partial charge >= 0.3 is 5.97 Å². The zero-order chi connectivity index (χ0) is 15.4. The maximum atomic E-state index is 11.6. The van der Waals surface area contributed by atoms with Crippen LogP contribution >= 0.6 is 11.8 Å². The van der Waals surface area contributed by atoms with Gasteiger partial charge in [0, 0.05) is 16.7 Å². The Morgan fingerprint density at radius 3 is 2.86 bits per heavy atom. The summed E-state index contributed by atoms with van der Waals surface area (Å²) >= 11 is 1.48. The third kappa shape index (κ3) is 3.20. The van der Waals surface area contributed by atoms with Crippen LogP contribution in [0.5, 0.6) is 0 Å². The lowest BCUT2D eigenvalue weighted by molar-refractivity contribution is 0.0600. The normalized spacial score (nSPS) is 10.4. The number of furan rings is 1. The predicted octanol–water partition coefficient (Wildman–Crippen LogP) is 4.28. The van der Waals surface area contributed by atoms with E-state index in [1.54, 1.807) is 24.6 Å². The van der Waals surface area contributed by atoms with Crippen molar-refractivity contribution in [3.63, 3.8) is 0 Å². The number of pyridine rings is 1. The number of carbonyl (C=O) groups excluding carboxylic acids is 1. The van der Waals surface area contributed by atoms with E-state index in [0.29, 0.717) is 5.56 Å². The summed E-state index contributed by atoms with van der Waals surface area (Å²) in [5, 5.41) is 0.736. The third-order valence-corrected chi connectivity index (χ3v) is 3.94. The lowest BCUT2D eigenvalue weighted by Crippen LogP contribution is -2.01. The monoisotopic (exact) mass is 311 g/mol. The van der Waals surface area contributed by atoms with Gasteiger partial charge in [-0.05, 0) is 36.4 Å². The average Bonchev–Trinajstić information content (AvgIpc) is 3.09. The van der Waals surface area contributed by atoms with Gasteiger partial charge in [0.1, 0.15) is 10.8 Å². The number of rotatable bonds is 4. The van der Waals surface area contributed by atoms with Gasteiger partial charge in [0.15, 0.2) is 0 Å².